The van der Waals surface area contributed by atoms with Crippen molar-refractivity contribution in [3.8, 4) is 11.4 Å². The largest absolute Gasteiger partial charge is 0.370 e. The van der Waals surface area contributed by atoms with Crippen LogP contribution in [0.2, 0.25) is 0 Å². The van der Waals surface area contributed by atoms with Gasteiger partial charge in [0, 0.05) is 37.5 Å². The lowest BCUT2D eigenvalue weighted by atomic mass is 10.0. The fourth-order valence-corrected chi connectivity index (χ4v) is 2.91. The molecule has 112 valence electrons. The Morgan fingerprint density at radius 2 is 2.10 bits per heavy atom. The molecule has 0 bridgehead atoms. The lowest BCUT2D eigenvalue weighted by molar-refractivity contribution is 0.695. The van der Waals surface area contributed by atoms with Crippen LogP contribution in [0.1, 0.15) is 50.6 Å². The summed E-state index contributed by atoms with van der Waals surface area (Å²) in [5, 5.41) is 7.63. The molecule has 0 amide bonds. The molecule has 5 heteroatoms. The summed E-state index contributed by atoms with van der Waals surface area (Å²) < 4.78 is 1.79. The molecule has 1 saturated carbocycles. The van der Waals surface area contributed by atoms with Crippen molar-refractivity contribution in [2.45, 2.75) is 44.9 Å². The summed E-state index contributed by atoms with van der Waals surface area (Å²) in [5.74, 6) is 2.31. The van der Waals surface area contributed by atoms with Crippen molar-refractivity contribution in [1.29, 1.82) is 0 Å². The van der Waals surface area contributed by atoms with E-state index in [1.807, 2.05) is 19.4 Å². The molecule has 1 aliphatic carbocycles. The minimum Gasteiger partial charge on any atom is -0.370 e. The van der Waals surface area contributed by atoms with Gasteiger partial charge in [-0.15, -0.1) is 0 Å². The standard InChI is InChI=1S/C16H23N5/c1-3-8-17-15-9-14(12-6-4-5-7-12)19-16(20-15)13-10-18-21(2)11-13/h9-12H,3-8H2,1-2H3,(H,17,19,20). The molecule has 2 heterocycles. The molecule has 0 radical (unpaired) electrons. The van der Waals surface area contributed by atoms with Gasteiger partial charge in [0.2, 0.25) is 0 Å². The van der Waals surface area contributed by atoms with Gasteiger partial charge >= 0.3 is 0 Å². The summed E-state index contributed by atoms with van der Waals surface area (Å²) in [4.78, 5) is 9.45. The van der Waals surface area contributed by atoms with Crippen molar-refractivity contribution in [2.24, 2.45) is 7.05 Å². The fraction of sp³-hybridized carbons (Fsp3) is 0.562. The highest BCUT2D eigenvalue weighted by molar-refractivity contribution is 5.56. The van der Waals surface area contributed by atoms with Crippen LogP contribution in [0.4, 0.5) is 5.82 Å². The Labute approximate surface area is 125 Å². The number of hydrogen-bond donors (Lipinski definition) is 1. The van der Waals surface area contributed by atoms with Crippen LogP contribution in [0.5, 0.6) is 0 Å². The second-order valence-corrected chi connectivity index (χ2v) is 5.81. The average Bonchev–Trinajstić information content (AvgIpc) is 3.16. The van der Waals surface area contributed by atoms with Gasteiger partial charge in [0.1, 0.15) is 5.82 Å². The zero-order valence-electron chi connectivity index (χ0n) is 12.8. The summed E-state index contributed by atoms with van der Waals surface area (Å²) in [5.41, 5.74) is 2.16. The molecule has 0 atom stereocenters. The Bertz CT molecular complexity index is 598. The van der Waals surface area contributed by atoms with E-state index < -0.39 is 0 Å². The highest BCUT2D eigenvalue weighted by Crippen LogP contribution is 2.34. The lowest BCUT2D eigenvalue weighted by Crippen LogP contribution is -2.07. The molecule has 1 N–H and O–H groups in total. The average molecular weight is 285 g/mol. The van der Waals surface area contributed by atoms with E-state index in [-0.39, 0.29) is 0 Å². The molecule has 0 unspecified atom stereocenters. The second kappa shape index (κ2) is 6.24. The fourth-order valence-electron chi connectivity index (χ4n) is 2.91. The highest BCUT2D eigenvalue weighted by Gasteiger charge is 2.20. The van der Waals surface area contributed by atoms with E-state index >= 15 is 0 Å². The zero-order chi connectivity index (χ0) is 14.7. The van der Waals surface area contributed by atoms with E-state index in [9.17, 15) is 0 Å². The number of aromatic nitrogens is 4. The smallest absolute Gasteiger partial charge is 0.164 e. The summed E-state index contributed by atoms with van der Waals surface area (Å²) in [6.45, 7) is 3.10. The predicted molar refractivity (Wildman–Crippen MR) is 84.2 cm³/mol. The van der Waals surface area contributed by atoms with Crippen molar-refractivity contribution in [1.82, 2.24) is 19.7 Å². The molecular formula is C16H23N5. The van der Waals surface area contributed by atoms with Crippen molar-refractivity contribution in [3.05, 3.63) is 24.2 Å². The summed E-state index contributed by atoms with van der Waals surface area (Å²) >= 11 is 0. The van der Waals surface area contributed by atoms with Crippen LogP contribution < -0.4 is 5.32 Å². The number of hydrogen-bond acceptors (Lipinski definition) is 4. The van der Waals surface area contributed by atoms with Crippen LogP contribution in [0, 0.1) is 0 Å². The monoisotopic (exact) mass is 285 g/mol. The first-order valence-corrected chi connectivity index (χ1v) is 7.88. The molecule has 0 aromatic carbocycles. The third kappa shape index (κ3) is 3.23. The molecule has 2 aromatic heterocycles. The lowest BCUT2D eigenvalue weighted by Gasteiger charge is -2.12. The van der Waals surface area contributed by atoms with Crippen molar-refractivity contribution in [3.63, 3.8) is 0 Å². The number of nitrogens with one attached hydrogen (secondary N) is 1. The van der Waals surface area contributed by atoms with Crippen LogP contribution >= 0.6 is 0 Å². The first kappa shape index (κ1) is 14.0. The van der Waals surface area contributed by atoms with Crippen LogP contribution in [-0.2, 0) is 7.05 Å². The van der Waals surface area contributed by atoms with Crippen molar-refractivity contribution in [2.75, 3.05) is 11.9 Å². The summed E-state index contributed by atoms with van der Waals surface area (Å²) in [7, 11) is 1.92. The third-order valence-corrected chi connectivity index (χ3v) is 4.04. The Balaban J connectivity index is 1.95. The Morgan fingerprint density at radius 3 is 2.76 bits per heavy atom. The molecular weight excluding hydrogens is 262 g/mol. The molecule has 0 saturated heterocycles. The van der Waals surface area contributed by atoms with E-state index in [0.717, 1.165) is 30.2 Å². The molecule has 1 aliphatic rings. The maximum absolute atomic E-state index is 4.80. The van der Waals surface area contributed by atoms with E-state index in [0.29, 0.717) is 5.92 Å². The molecule has 0 aliphatic heterocycles. The van der Waals surface area contributed by atoms with Crippen LogP contribution in [-0.4, -0.2) is 26.3 Å². The molecule has 5 nitrogen and oxygen atoms in total. The first-order valence-electron chi connectivity index (χ1n) is 7.88. The first-order chi connectivity index (χ1) is 10.3. The Kier molecular flexibility index (Phi) is 4.18. The van der Waals surface area contributed by atoms with Crippen molar-refractivity contribution < 1.29 is 0 Å². The van der Waals surface area contributed by atoms with Crippen LogP contribution in [0.15, 0.2) is 18.5 Å². The number of rotatable bonds is 5. The van der Waals surface area contributed by atoms with E-state index in [1.165, 1.54) is 31.4 Å². The van der Waals surface area contributed by atoms with E-state index in [1.54, 1.807) is 4.68 Å². The Hall–Kier alpha value is -1.91. The summed E-state index contributed by atoms with van der Waals surface area (Å²) in [6, 6.07) is 2.13. The van der Waals surface area contributed by atoms with Crippen LogP contribution in [0.25, 0.3) is 11.4 Å². The number of nitrogens with zero attached hydrogens (tertiary/aromatic N) is 4. The van der Waals surface area contributed by atoms with Crippen LogP contribution in [0.3, 0.4) is 0 Å². The SMILES string of the molecule is CCCNc1cc(C2CCCC2)nc(-c2cnn(C)c2)n1. The topological polar surface area (TPSA) is 55.6 Å². The maximum atomic E-state index is 4.80. The van der Waals surface area contributed by atoms with Gasteiger partial charge in [-0.25, -0.2) is 9.97 Å². The van der Waals surface area contributed by atoms with E-state index in [2.05, 4.69) is 28.4 Å². The number of anilines is 1. The molecule has 1 fully saturated rings. The van der Waals surface area contributed by atoms with Gasteiger partial charge in [0.05, 0.1) is 11.8 Å². The minimum atomic E-state index is 0.589. The number of aryl methyl sites for hydroxylation is 1. The van der Waals surface area contributed by atoms with Gasteiger partial charge in [-0.3, -0.25) is 4.68 Å². The van der Waals surface area contributed by atoms with Crippen molar-refractivity contribution >= 4 is 5.82 Å². The molecule has 3 rings (SSSR count). The van der Waals surface area contributed by atoms with Gasteiger partial charge in [0.15, 0.2) is 5.82 Å². The van der Waals surface area contributed by atoms with Gasteiger partial charge in [-0.1, -0.05) is 19.8 Å². The normalized spacial score (nSPS) is 15.5. The molecule has 2 aromatic rings. The third-order valence-electron chi connectivity index (χ3n) is 4.04. The Morgan fingerprint density at radius 1 is 1.29 bits per heavy atom. The second-order valence-electron chi connectivity index (χ2n) is 5.81. The van der Waals surface area contributed by atoms with Gasteiger partial charge < -0.3 is 5.32 Å². The van der Waals surface area contributed by atoms with E-state index in [4.69, 9.17) is 4.98 Å². The zero-order valence-corrected chi connectivity index (χ0v) is 12.8. The van der Waals surface area contributed by atoms with Gasteiger partial charge in [-0.05, 0) is 19.3 Å². The summed E-state index contributed by atoms with van der Waals surface area (Å²) in [6.07, 6.45) is 10.0. The predicted octanol–water partition coefficient (Wildman–Crippen LogP) is 3.36. The molecule has 21 heavy (non-hydrogen) atoms. The quantitative estimate of drug-likeness (QED) is 0.915. The highest BCUT2D eigenvalue weighted by atomic mass is 15.2. The maximum Gasteiger partial charge on any atom is 0.164 e. The van der Waals surface area contributed by atoms with Gasteiger partial charge in [-0.2, -0.15) is 5.10 Å². The minimum absolute atomic E-state index is 0.589. The van der Waals surface area contributed by atoms with Gasteiger partial charge in [0.25, 0.3) is 0 Å². The molecule has 0 spiro atoms.